The fraction of sp³-hybridized carbons (Fsp3) is 0.818. The molecule has 0 heterocycles. The summed E-state index contributed by atoms with van der Waals surface area (Å²) in [5.74, 6) is 0.712. The van der Waals surface area contributed by atoms with Crippen LogP contribution in [0.4, 0.5) is 0 Å². The Balaban J connectivity index is 3.92. The van der Waals surface area contributed by atoms with Crippen molar-refractivity contribution in [2.24, 2.45) is 5.92 Å². The van der Waals surface area contributed by atoms with E-state index in [2.05, 4.69) is 46.2 Å². The molecule has 0 bridgehead atoms. The minimum Gasteiger partial charge on any atom is -0.376 e. The van der Waals surface area contributed by atoms with Crippen molar-refractivity contribution in [1.29, 1.82) is 0 Å². The predicted octanol–water partition coefficient (Wildman–Crippen LogP) is 3.28. The molecule has 1 nitrogen and oxygen atoms in total. The average molecular weight is 169 g/mol. The quantitative estimate of drug-likeness (QED) is 0.610. The Morgan fingerprint density at radius 2 is 1.83 bits per heavy atom. The van der Waals surface area contributed by atoms with E-state index in [9.17, 15) is 0 Å². The van der Waals surface area contributed by atoms with Crippen molar-refractivity contribution >= 4 is 0 Å². The summed E-state index contributed by atoms with van der Waals surface area (Å²) in [5, 5.41) is 0. The lowest BCUT2D eigenvalue weighted by molar-refractivity contribution is 0.298. The Bertz CT molecular complexity index is 138. The first-order valence-electron chi connectivity index (χ1n) is 4.89. The molecule has 0 aliphatic heterocycles. The predicted molar refractivity (Wildman–Crippen MR) is 56.1 cm³/mol. The van der Waals surface area contributed by atoms with Gasteiger partial charge in [0.1, 0.15) is 0 Å². The molecule has 0 N–H and O–H groups in total. The molecule has 1 unspecified atom stereocenters. The average Bonchev–Trinajstić information content (AvgIpc) is 2.00. The highest BCUT2D eigenvalue weighted by molar-refractivity contribution is 4.94. The Kier molecular flexibility index (Phi) is 5.03. The van der Waals surface area contributed by atoms with E-state index >= 15 is 0 Å². The van der Waals surface area contributed by atoms with Crippen LogP contribution in [-0.2, 0) is 0 Å². The molecule has 0 rings (SSSR count). The number of hydrogen-bond acceptors (Lipinski definition) is 1. The van der Waals surface area contributed by atoms with E-state index in [4.69, 9.17) is 0 Å². The number of hydrogen-bond donors (Lipinski definition) is 0. The molecular weight excluding hydrogens is 146 g/mol. The second kappa shape index (κ2) is 5.23. The Morgan fingerprint density at radius 3 is 2.17 bits per heavy atom. The molecule has 0 spiro atoms. The fourth-order valence-electron chi connectivity index (χ4n) is 1.20. The van der Waals surface area contributed by atoms with Crippen LogP contribution < -0.4 is 0 Å². The van der Waals surface area contributed by atoms with E-state index in [1.807, 2.05) is 0 Å². The topological polar surface area (TPSA) is 3.24 Å². The van der Waals surface area contributed by atoms with Crippen LogP contribution in [0.1, 0.15) is 40.5 Å². The molecule has 0 amide bonds. The normalized spacial score (nSPS) is 13.2. The zero-order valence-electron chi connectivity index (χ0n) is 9.22. The summed E-state index contributed by atoms with van der Waals surface area (Å²) in [7, 11) is 2.14. The molecule has 0 aliphatic rings. The van der Waals surface area contributed by atoms with Gasteiger partial charge in [0, 0.05) is 18.8 Å². The van der Waals surface area contributed by atoms with Crippen LogP contribution in [0.25, 0.3) is 0 Å². The van der Waals surface area contributed by atoms with Crippen LogP contribution in [0.3, 0.4) is 0 Å². The highest BCUT2D eigenvalue weighted by atomic mass is 15.1. The van der Waals surface area contributed by atoms with E-state index < -0.39 is 0 Å². The van der Waals surface area contributed by atoms with Crippen molar-refractivity contribution in [2.45, 2.75) is 46.6 Å². The van der Waals surface area contributed by atoms with Gasteiger partial charge in [0.05, 0.1) is 0 Å². The summed E-state index contributed by atoms with van der Waals surface area (Å²) in [6, 6.07) is 0.622. The van der Waals surface area contributed by atoms with E-state index in [-0.39, 0.29) is 0 Å². The Hall–Kier alpha value is -0.460. The summed E-state index contributed by atoms with van der Waals surface area (Å²) in [4.78, 5) is 2.29. The van der Waals surface area contributed by atoms with Crippen molar-refractivity contribution in [3.8, 4) is 0 Å². The number of allylic oxidation sites excluding steroid dienone is 1. The maximum absolute atomic E-state index is 4.09. The van der Waals surface area contributed by atoms with Crippen LogP contribution in [0, 0.1) is 5.92 Å². The minimum atomic E-state index is 0.622. The molecular formula is C11H23N. The van der Waals surface area contributed by atoms with Crippen LogP contribution in [0.15, 0.2) is 12.3 Å². The maximum atomic E-state index is 4.09. The fourth-order valence-corrected chi connectivity index (χ4v) is 1.20. The number of nitrogens with zero attached hydrogens (tertiary/aromatic N) is 1. The maximum Gasteiger partial charge on any atom is 0.0252 e. The van der Waals surface area contributed by atoms with E-state index in [0.717, 1.165) is 6.42 Å². The van der Waals surface area contributed by atoms with Gasteiger partial charge in [-0.3, -0.25) is 0 Å². The molecule has 12 heavy (non-hydrogen) atoms. The number of rotatable bonds is 5. The molecule has 0 aromatic heterocycles. The zero-order chi connectivity index (χ0) is 9.72. The summed E-state index contributed by atoms with van der Waals surface area (Å²) < 4.78 is 0. The molecule has 0 saturated heterocycles. The second-order valence-electron chi connectivity index (χ2n) is 4.03. The van der Waals surface area contributed by atoms with Gasteiger partial charge in [-0.2, -0.15) is 0 Å². The molecule has 1 atom stereocenters. The van der Waals surface area contributed by atoms with Gasteiger partial charge in [-0.15, -0.1) is 0 Å². The van der Waals surface area contributed by atoms with Crippen molar-refractivity contribution < 1.29 is 0 Å². The third-order valence-corrected chi connectivity index (χ3v) is 2.39. The molecule has 1 heteroatoms. The summed E-state index contributed by atoms with van der Waals surface area (Å²) in [6.07, 6.45) is 2.30. The van der Waals surface area contributed by atoms with E-state index in [0.29, 0.717) is 12.0 Å². The minimum absolute atomic E-state index is 0.622. The second-order valence-corrected chi connectivity index (χ2v) is 4.03. The van der Waals surface area contributed by atoms with Crippen molar-refractivity contribution in [3.05, 3.63) is 12.3 Å². The summed E-state index contributed by atoms with van der Waals surface area (Å²) in [6.45, 7) is 13.0. The van der Waals surface area contributed by atoms with Gasteiger partial charge in [-0.1, -0.05) is 27.4 Å². The van der Waals surface area contributed by atoms with Crippen molar-refractivity contribution in [3.63, 3.8) is 0 Å². The summed E-state index contributed by atoms with van der Waals surface area (Å²) in [5.41, 5.74) is 1.26. The monoisotopic (exact) mass is 169 g/mol. The molecule has 72 valence electrons. The largest absolute Gasteiger partial charge is 0.376 e. The zero-order valence-corrected chi connectivity index (χ0v) is 9.22. The van der Waals surface area contributed by atoms with Crippen LogP contribution in [-0.4, -0.2) is 18.0 Å². The standard InChI is InChI=1S/C11H23N/c1-7-10(4)12(6)11(5)8-9(2)3/h9-10H,5,7-8H2,1-4,6H3. The van der Waals surface area contributed by atoms with Gasteiger partial charge < -0.3 is 4.90 Å². The van der Waals surface area contributed by atoms with Crippen LogP contribution in [0.2, 0.25) is 0 Å². The first-order valence-corrected chi connectivity index (χ1v) is 4.89. The highest BCUT2D eigenvalue weighted by Crippen LogP contribution is 2.15. The third-order valence-electron chi connectivity index (χ3n) is 2.39. The lowest BCUT2D eigenvalue weighted by Gasteiger charge is -2.28. The van der Waals surface area contributed by atoms with Gasteiger partial charge in [-0.05, 0) is 25.7 Å². The molecule has 0 radical (unpaired) electrons. The van der Waals surface area contributed by atoms with Crippen molar-refractivity contribution in [1.82, 2.24) is 4.90 Å². The molecule has 0 saturated carbocycles. The van der Waals surface area contributed by atoms with Crippen LogP contribution in [0.5, 0.6) is 0 Å². The summed E-state index contributed by atoms with van der Waals surface area (Å²) >= 11 is 0. The molecule has 0 aliphatic carbocycles. The first kappa shape index (κ1) is 11.5. The Labute approximate surface area is 77.5 Å². The van der Waals surface area contributed by atoms with E-state index in [1.165, 1.54) is 12.1 Å². The lowest BCUT2D eigenvalue weighted by atomic mass is 10.1. The van der Waals surface area contributed by atoms with Gasteiger partial charge >= 0.3 is 0 Å². The van der Waals surface area contributed by atoms with Crippen LogP contribution >= 0.6 is 0 Å². The van der Waals surface area contributed by atoms with Gasteiger partial charge in [0.15, 0.2) is 0 Å². The van der Waals surface area contributed by atoms with Crippen molar-refractivity contribution in [2.75, 3.05) is 7.05 Å². The SMILES string of the molecule is C=C(CC(C)C)N(C)C(C)CC. The van der Waals surface area contributed by atoms with Gasteiger partial charge in [-0.25, -0.2) is 0 Å². The first-order chi connectivity index (χ1) is 5.49. The molecule has 0 aromatic carbocycles. The smallest absolute Gasteiger partial charge is 0.0252 e. The van der Waals surface area contributed by atoms with Gasteiger partial charge in [0.25, 0.3) is 0 Å². The lowest BCUT2D eigenvalue weighted by Crippen LogP contribution is -2.27. The molecule has 0 aromatic rings. The van der Waals surface area contributed by atoms with Gasteiger partial charge in [0.2, 0.25) is 0 Å². The Morgan fingerprint density at radius 1 is 1.33 bits per heavy atom. The third kappa shape index (κ3) is 3.80. The highest BCUT2D eigenvalue weighted by Gasteiger charge is 2.09. The van der Waals surface area contributed by atoms with E-state index in [1.54, 1.807) is 0 Å². The molecule has 0 fully saturated rings.